The zero-order chi connectivity index (χ0) is 14.7. The molecule has 21 heavy (non-hydrogen) atoms. The first-order valence-electron chi connectivity index (χ1n) is 6.94. The lowest BCUT2D eigenvalue weighted by molar-refractivity contribution is 0.0934. The number of carbonyl (C=O) groups excluding carboxylic acids is 1. The predicted molar refractivity (Wildman–Crippen MR) is 84.1 cm³/mol. The number of alkyl halides is 1. The zero-order valence-electron chi connectivity index (χ0n) is 11.5. The lowest BCUT2D eigenvalue weighted by Gasteiger charge is -2.32. The van der Waals surface area contributed by atoms with Gasteiger partial charge in [0.05, 0.1) is 13.2 Å². The Bertz CT molecular complexity index is 630. The molecule has 1 fully saturated rings. The van der Waals surface area contributed by atoms with Crippen LogP contribution in [0.25, 0.3) is 0 Å². The van der Waals surface area contributed by atoms with Crippen LogP contribution in [0, 0.1) is 0 Å². The molecule has 1 atom stereocenters. The third-order valence-electron chi connectivity index (χ3n) is 3.53. The molecule has 0 saturated carbocycles. The minimum Gasteiger partial charge on any atom is -0.365 e. The molecule has 0 aliphatic carbocycles. The van der Waals surface area contributed by atoms with Crippen LogP contribution >= 0.6 is 11.6 Å². The van der Waals surface area contributed by atoms with Gasteiger partial charge in [-0.3, -0.25) is 4.79 Å². The van der Waals surface area contributed by atoms with Crippen molar-refractivity contribution >= 4 is 23.1 Å². The molecule has 2 aromatic carbocycles. The molecule has 0 radical (unpaired) electrons. The molecule has 3 rings (SSSR count). The number of anilines is 1. The molecule has 1 heterocycles. The summed E-state index contributed by atoms with van der Waals surface area (Å²) in [6.07, 6.45) is 0. The Morgan fingerprint density at radius 1 is 1.10 bits per heavy atom. The summed E-state index contributed by atoms with van der Waals surface area (Å²) >= 11 is 6.03. The Morgan fingerprint density at radius 2 is 1.86 bits per heavy atom. The Labute approximate surface area is 129 Å². The van der Waals surface area contributed by atoms with E-state index in [1.807, 2.05) is 54.6 Å². The summed E-state index contributed by atoms with van der Waals surface area (Å²) in [6, 6.07) is 17.0. The molecule has 1 saturated heterocycles. The van der Waals surface area contributed by atoms with Crippen molar-refractivity contribution in [3.63, 3.8) is 0 Å². The van der Waals surface area contributed by atoms with E-state index in [4.69, 9.17) is 16.3 Å². The summed E-state index contributed by atoms with van der Waals surface area (Å²) < 4.78 is 5.33. The molecular weight excluding hydrogens is 286 g/mol. The number of halogens is 1. The number of carbonyl (C=O) groups is 1. The van der Waals surface area contributed by atoms with Crippen molar-refractivity contribution in [1.82, 2.24) is 0 Å². The number of ketones is 1. The summed E-state index contributed by atoms with van der Waals surface area (Å²) in [4.78, 5) is 14.6. The smallest absolute Gasteiger partial charge is 0.193 e. The van der Waals surface area contributed by atoms with Crippen molar-refractivity contribution in [2.45, 2.75) is 5.56 Å². The maximum Gasteiger partial charge on any atom is 0.193 e. The van der Waals surface area contributed by atoms with E-state index in [9.17, 15) is 4.79 Å². The molecule has 1 unspecified atom stereocenters. The van der Waals surface area contributed by atoms with Crippen LogP contribution in [0.2, 0.25) is 0 Å². The molecule has 3 nitrogen and oxygen atoms in total. The summed E-state index contributed by atoms with van der Waals surface area (Å²) in [7, 11) is 0. The Balaban J connectivity index is 1.85. The van der Waals surface area contributed by atoms with Crippen molar-refractivity contribution < 1.29 is 9.53 Å². The third kappa shape index (κ3) is 3.26. The van der Waals surface area contributed by atoms with Crippen molar-refractivity contribution in [2.75, 3.05) is 24.6 Å². The Morgan fingerprint density at radius 3 is 2.62 bits per heavy atom. The number of hydrogen-bond acceptors (Lipinski definition) is 3. The SMILES string of the molecule is O=C(c1ccccc1)c1cccc(N2CCOC(Cl)C2)c1. The number of rotatable bonds is 3. The van der Waals surface area contributed by atoms with E-state index < -0.39 is 0 Å². The standard InChI is InChI=1S/C17H16ClNO2/c18-16-12-19(9-10-21-16)15-8-4-7-14(11-15)17(20)13-5-2-1-3-6-13/h1-8,11,16H,9-10,12H2. The van der Waals surface area contributed by atoms with Crippen molar-refractivity contribution in [2.24, 2.45) is 0 Å². The fraction of sp³-hybridized carbons (Fsp3) is 0.235. The molecule has 1 aliphatic heterocycles. The Kier molecular flexibility index (Phi) is 4.23. The van der Waals surface area contributed by atoms with Gasteiger partial charge in [0.2, 0.25) is 0 Å². The average Bonchev–Trinajstić information content (AvgIpc) is 2.55. The predicted octanol–water partition coefficient (Wildman–Crippen LogP) is 3.32. The van der Waals surface area contributed by atoms with Gasteiger partial charge in [0.15, 0.2) is 5.78 Å². The molecule has 4 heteroatoms. The summed E-state index contributed by atoms with van der Waals surface area (Å²) in [5.74, 6) is 0.0353. The monoisotopic (exact) mass is 301 g/mol. The van der Waals surface area contributed by atoms with Gasteiger partial charge in [0.1, 0.15) is 5.56 Å². The fourth-order valence-corrected chi connectivity index (χ4v) is 2.70. The second-order valence-corrected chi connectivity index (χ2v) is 5.46. The van der Waals surface area contributed by atoms with Crippen LogP contribution in [-0.4, -0.2) is 31.0 Å². The van der Waals surface area contributed by atoms with Gasteiger partial charge in [-0.1, -0.05) is 54.1 Å². The first-order valence-corrected chi connectivity index (χ1v) is 7.38. The summed E-state index contributed by atoms with van der Waals surface area (Å²) in [6.45, 7) is 2.02. The molecule has 0 bridgehead atoms. The van der Waals surface area contributed by atoms with Gasteiger partial charge in [0, 0.05) is 23.4 Å². The average molecular weight is 302 g/mol. The summed E-state index contributed by atoms with van der Waals surface area (Å²) in [5, 5.41) is 0. The number of morpholine rings is 1. The first-order chi connectivity index (χ1) is 10.2. The van der Waals surface area contributed by atoms with Crippen molar-refractivity contribution in [3.8, 4) is 0 Å². The Hall–Kier alpha value is -1.84. The van der Waals surface area contributed by atoms with Gasteiger partial charge >= 0.3 is 0 Å². The molecular formula is C17H16ClNO2. The molecule has 0 N–H and O–H groups in total. The quantitative estimate of drug-likeness (QED) is 0.643. The number of benzene rings is 2. The van der Waals surface area contributed by atoms with Crippen LogP contribution in [0.1, 0.15) is 15.9 Å². The highest BCUT2D eigenvalue weighted by molar-refractivity contribution is 6.20. The maximum atomic E-state index is 12.5. The number of hydrogen-bond donors (Lipinski definition) is 0. The van der Waals surface area contributed by atoms with Gasteiger partial charge < -0.3 is 9.64 Å². The second kappa shape index (κ2) is 6.29. The highest BCUT2D eigenvalue weighted by Crippen LogP contribution is 2.21. The minimum absolute atomic E-state index is 0.0353. The molecule has 2 aromatic rings. The van der Waals surface area contributed by atoms with Crippen LogP contribution in [0.3, 0.4) is 0 Å². The number of nitrogens with zero attached hydrogens (tertiary/aromatic N) is 1. The van der Waals surface area contributed by atoms with Crippen LogP contribution in [0.15, 0.2) is 54.6 Å². The summed E-state index contributed by atoms with van der Waals surface area (Å²) in [5.41, 5.74) is 2.10. The van der Waals surface area contributed by atoms with E-state index in [0.29, 0.717) is 24.3 Å². The maximum absolute atomic E-state index is 12.5. The van der Waals surface area contributed by atoms with Crippen LogP contribution in [0.4, 0.5) is 5.69 Å². The lowest BCUT2D eigenvalue weighted by atomic mass is 10.0. The largest absolute Gasteiger partial charge is 0.365 e. The lowest BCUT2D eigenvalue weighted by Crippen LogP contribution is -2.40. The highest BCUT2D eigenvalue weighted by atomic mass is 35.5. The number of ether oxygens (including phenoxy) is 1. The van der Waals surface area contributed by atoms with Crippen molar-refractivity contribution in [1.29, 1.82) is 0 Å². The fourth-order valence-electron chi connectivity index (χ4n) is 2.44. The molecule has 0 amide bonds. The first kappa shape index (κ1) is 14.1. The van der Waals surface area contributed by atoms with Gasteiger partial charge in [0.25, 0.3) is 0 Å². The molecule has 0 spiro atoms. The molecule has 108 valence electrons. The van der Waals surface area contributed by atoms with E-state index in [2.05, 4.69) is 4.90 Å². The van der Waals surface area contributed by atoms with Crippen LogP contribution in [-0.2, 0) is 4.74 Å². The van der Waals surface area contributed by atoms with Crippen molar-refractivity contribution in [3.05, 3.63) is 65.7 Å². The van der Waals surface area contributed by atoms with E-state index in [0.717, 1.165) is 12.2 Å². The normalized spacial score (nSPS) is 18.5. The second-order valence-electron chi connectivity index (χ2n) is 4.97. The van der Waals surface area contributed by atoms with E-state index in [1.54, 1.807) is 0 Å². The van der Waals surface area contributed by atoms with Crippen LogP contribution < -0.4 is 4.90 Å². The molecule has 1 aliphatic rings. The van der Waals surface area contributed by atoms with E-state index in [-0.39, 0.29) is 11.3 Å². The third-order valence-corrected chi connectivity index (χ3v) is 3.80. The van der Waals surface area contributed by atoms with E-state index in [1.165, 1.54) is 0 Å². The van der Waals surface area contributed by atoms with Gasteiger partial charge in [-0.2, -0.15) is 0 Å². The topological polar surface area (TPSA) is 29.5 Å². The van der Waals surface area contributed by atoms with Gasteiger partial charge in [-0.25, -0.2) is 0 Å². The zero-order valence-corrected chi connectivity index (χ0v) is 12.3. The van der Waals surface area contributed by atoms with E-state index >= 15 is 0 Å². The molecule has 0 aromatic heterocycles. The van der Waals surface area contributed by atoms with Gasteiger partial charge in [-0.05, 0) is 12.1 Å². The minimum atomic E-state index is -0.299. The van der Waals surface area contributed by atoms with Crippen LogP contribution in [0.5, 0.6) is 0 Å². The van der Waals surface area contributed by atoms with Gasteiger partial charge in [-0.15, -0.1) is 0 Å². The highest BCUT2D eigenvalue weighted by Gasteiger charge is 2.19.